The number of allylic oxidation sites excluding steroid dienone is 1. The van der Waals surface area contributed by atoms with Crippen LogP contribution in [0.2, 0.25) is 0 Å². The van der Waals surface area contributed by atoms with Crippen molar-refractivity contribution in [3.63, 3.8) is 0 Å². The zero-order valence-corrected chi connectivity index (χ0v) is 9.08. The Hall–Kier alpha value is -1.45. The maximum Gasteiger partial charge on any atom is 0.373 e. The Bertz CT molecular complexity index is 429. The van der Waals surface area contributed by atoms with Crippen LogP contribution in [0, 0.1) is 18.3 Å². The zero-order chi connectivity index (χ0) is 10.6. The summed E-state index contributed by atoms with van der Waals surface area (Å²) < 4.78 is 11.3. The molecule has 0 aliphatic carbocycles. The molecule has 1 rings (SSSR count). The predicted molar refractivity (Wildman–Crippen MR) is 59.0 cm³/mol. The van der Waals surface area contributed by atoms with E-state index in [2.05, 4.69) is 0 Å². The number of benzene rings is 1. The summed E-state index contributed by atoms with van der Waals surface area (Å²) in [5.41, 5.74) is 1.98. The quantitative estimate of drug-likeness (QED) is 0.548. The minimum atomic E-state index is -1.31. The number of aryl methyl sites for hydroxylation is 1. The molecule has 1 aromatic rings. The topological polar surface area (TPSA) is 40.9 Å². The van der Waals surface area contributed by atoms with Crippen LogP contribution >= 0.6 is 7.80 Å². The molecule has 0 aromatic heterocycles. The largest absolute Gasteiger partial charge is 0.373 e. The normalized spacial score (nSPS) is 11.4. The molecule has 0 saturated heterocycles. The highest BCUT2D eigenvalue weighted by molar-refractivity contribution is 7.52. The highest BCUT2D eigenvalue weighted by Crippen LogP contribution is 2.16. The zero-order valence-electron chi connectivity index (χ0n) is 8.19. The molecule has 1 unspecified atom stereocenters. The van der Waals surface area contributed by atoms with Crippen molar-refractivity contribution >= 4 is 19.2 Å². The van der Waals surface area contributed by atoms with Crippen LogP contribution in [0.25, 0.3) is 6.08 Å². The summed E-state index contributed by atoms with van der Waals surface area (Å²) in [5, 5.41) is 9.21. The number of hydrogen-bond donors (Lipinski definition) is 0. The lowest BCUT2D eigenvalue weighted by atomic mass is 10.1. The third-order valence-electron chi connectivity index (χ3n) is 1.80. The number of nitrogens with zero attached hydrogens (tertiary/aromatic N) is 1. The van der Waals surface area contributed by atoms with Gasteiger partial charge < -0.3 is 0 Å². The summed E-state index contributed by atoms with van der Waals surface area (Å²) >= 11 is 0. The molecule has 1 aromatic carbocycles. The van der Waals surface area contributed by atoms with Crippen LogP contribution in [-0.2, 0) is 4.57 Å². The second-order valence-electron chi connectivity index (χ2n) is 3.06. The monoisotopic (exact) mass is 204 g/mol. The van der Waals surface area contributed by atoms with E-state index in [9.17, 15) is 4.57 Å². The Labute approximate surface area is 84.7 Å². The van der Waals surface area contributed by atoms with Crippen LogP contribution < -0.4 is 5.30 Å². The van der Waals surface area contributed by atoms with Crippen LogP contribution in [0.4, 0.5) is 0 Å². The third-order valence-corrected chi connectivity index (χ3v) is 2.78. The van der Waals surface area contributed by atoms with E-state index >= 15 is 0 Å². The van der Waals surface area contributed by atoms with Gasteiger partial charge in [-0.15, -0.1) is 0 Å². The Morgan fingerprint density at radius 3 is 2.71 bits per heavy atom. The molecule has 0 radical (unpaired) electrons. The lowest BCUT2D eigenvalue weighted by Gasteiger charge is -1.95. The van der Waals surface area contributed by atoms with Crippen molar-refractivity contribution in [2.75, 3.05) is 6.66 Å². The van der Waals surface area contributed by atoms with E-state index < -0.39 is 7.80 Å². The van der Waals surface area contributed by atoms with Crippen LogP contribution in [0.15, 0.2) is 24.3 Å². The molecule has 0 amide bonds. The molecule has 0 aliphatic rings. The molecule has 70 valence electrons. The van der Waals surface area contributed by atoms with Gasteiger partial charge in [-0.2, -0.15) is 5.26 Å². The fourth-order valence-corrected chi connectivity index (χ4v) is 1.92. The maximum atomic E-state index is 11.3. The molecule has 14 heavy (non-hydrogen) atoms. The summed E-state index contributed by atoms with van der Waals surface area (Å²) in [7, 11) is -1.31. The molecule has 0 heterocycles. The summed E-state index contributed by atoms with van der Waals surface area (Å²) in [6, 6.07) is 7.64. The van der Waals surface area contributed by atoms with Crippen LogP contribution in [0.3, 0.4) is 0 Å². The first-order chi connectivity index (χ1) is 6.63. The summed E-state index contributed by atoms with van der Waals surface area (Å²) in [6.45, 7) is 3.63. The fourth-order valence-electron chi connectivity index (χ4n) is 1.20. The predicted octanol–water partition coefficient (Wildman–Crippen LogP) is 2.61. The van der Waals surface area contributed by atoms with Crippen molar-refractivity contribution < 1.29 is 4.57 Å². The second-order valence-corrected chi connectivity index (χ2v) is 4.57. The van der Waals surface area contributed by atoms with E-state index in [1.807, 2.05) is 31.2 Å². The van der Waals surface area contributed by atoms with Crippen LogP contribution in [0.5, 0.6) is 0 Å². The first kappa shape index (κ1) is 10.6. The highest BCUT2D eigenvalue weighted by Gasteiger charge is 2.11. The minimum absolute atomic E-state index is 0.831. The van der Waals surface area contributed by atoms with Gasteiger partial charge >= 0.3 is 7.80 Å². The molecule has 0 N–H and O–H groups in total. The average Bonchev–Trinajstić information content (AvgIpc) is 2.14. The molecule has 0 fully saturated rings. The van der Waals surface area contributed by atoms with Gasteiger partial charge in [0.2, 0.25) is 0 Å². The Morgan fingerprint density at radius 2 is 2.14 bits per heavy atom. The number of rotatable bonds is 2. The lowest BCUT2D eigenvalue weighted by molar-refractivity contribution is 0.596. The van der Waals surface area contributed by atoms with E-state index in [0.717, 1.165) is 16.4 Å². The van der Waals surface area contributed by atoms with Crippen LogP contribution in [0.1, 0.15) is 11.1 Å². The van der Waals surface area contributed by atoms with E-state index in [-0.39, 0.29) is 0 Å². The van der Waals surface area contributed by atoms with Gasteiger partial charge in [0.15, 0.2) is 5.30 Å². The first-order valence-electron chi connectivity index (χ1n) is 4.22. The third kappa shape index (κ3) is 2.80. The summed E-state index contributed by atoms with van der Waals surface area (Å²) in [4.78, 5) is 0. The number of hydrogen-bond acceptors (Lipinski definition) is 2. The minimum Gasteiger partial charge on any atom is -0.193 e. The molecule has 0 aliphatic heterocycles. The molecule has 2 nitrogen and oxygen atoms in total. The molecule has 0 spiro atoms. The summed E-state index contributed by atoms with van der Waals surface area (Å²) in [5.74, 6) is 0. The SMILES string of the molecule is Cc1cc(/C=C/C#N)cc([P+](C)=O)c1. The van der Waals surface area contributed by atoms with Gasteiger partial charge in [-0.1, -0.05) is 10.6 Å². The molecule has 0 bridgehead atoms. The summed E-state index contributed by atoms with van der Waals surface area (Å²) in [6.07, 6.45) is 3.14. The lowest BCUT2D eigenvalue weighted by Crippen LogP contribution is -1.97. The fraction of sp³-hybridized carbons (Fsp3) is 0.182. The van der Waals surface area contributed by atoms with E-state index in [1.54, 1.807) is 12.7 Å². The van der Waals surface area contributed by atoms with E-state index in [1.165, 1.54) is 6.08 Å². The molecule has 1 atom stereocenters. The van der Waals surface area contributed by atoms with Crippen molar-refractivity contribution in [1.29, 1.82) is 5.26 Å². The Balaban J connectivity index is 3.15. The standard InChI is InChI=1S/C11H11NOP/c1-9-6-10(4-3-5-12)8-11(7-9)14(2)13/h3-4,6-8H,1-2H3/q+1/b4-3+. The Kier molecular flexibility index (Phi) is 3.56. The molecule has 3 heteroatoms. The van der Waals surface area contributed by atoms with Crippen LogP contribution in [-0.4, -0.2) is 6.66 Å². The van der Waals surface area contributed by atoms with Gasteiger partial charge in [-0.05, 0) is 36.3 Å². The second kappa shape index (κ2) is 4.69. The van der Waals surface area contributed by atoms with Crippen molar-refractivity contribution in [2.45, 2.75) is 6.92 Å². The van der Waals surface area contributed by atoms with Gasteiger partial charge in [0, 0.05) is 6.08 Å². The van der Waals surface area contributed by atoms with Crippen molar-refractivity contribution in [3.05, 3.63) is 35.4 Å². The van der Waals surface area contributed by atoms with Gasteiger partial charge in [0.25, 0.3) is 0 Å². The molecule has 0 saturated carbocycles. The van der Waals surface area contributed by atoms with Gasteiger partial charge in [0.05, 0.1) is 6.07 Å². The van der Waals surface area contributed by atoms with Crippen molar-refractivity contribution in [3.8, 4) is 6.07 Å². The Morgan fingerprint density at radius 1 is 1.43 bits per heavy atom. The van der Waals surface area contributed by atoms with Crippen molar-refractivity contribution in [2.24, 2.45) is 0 Å². The smallest absolute Gasteiger partial charge is 0.193 e. The number of nitriles is 1. The van der Waals surface area contributed by atoms with E-state index in [0.29, 0.717) is 0 Å². The molecular formula is C11H11NOP+. The van der Waals surface area contributed by atoms with Gasteiger partial charge in [-0.3, -0.25) is 0 Å². The average molecular weight is 204 g/mol. The highest BCUT2D eigenvalue weighted by atomic mass is 31.1. The van der Waals surface area contributed by atoms with Crippen molar-refractivity contribution in [1.82, 2.24) is 0 Å². The van der Waals surface area contributed by atoms with E-state index in [4.69, 9.17) is 5.26 Å². The maximum absolute atomic E-state index is 11.3. The van der Waals surface area contributed by atoms with Gasteiger partial charge in [-0.25, -0.2) is 0 Å². The molecular weight excluding hydrogens is 193 g/mol. The first-order valence-corrected chi connectivity index (χ1v) is 5.93. The van der Waals surface area contributed by atoms with Gasteiger partial charge in [0.1, 0.15) is 6.66 Å².